The van der Waals surface area contributed by atoms with E-state index in [-0.39, 0.29) is 5.75 Å². The van der Waals surface area contributed by atoms with Crippen molar-refractivity contribution in [1.29, 1.82) is 0 Å². The Morgan fingerprint density at radius 1 is 1.48 bits per heavy atom. The number of aromatic hydroxyl groups is 1. The minimum Gasteiger partial charge on any atom is -0.507 e. The highest BCUT2D eigenvalue weighted by molar-refractivity contribution is 7.98. The minimum atomic E-state index is -0.511. The van der Waals surface area contributed by atoms with Gasteiger partial charge in [-0.15, -0.1) is 0 Å². The summed E-state index contributed by atoms with van der Waals surface area (Å²) in [5.41, 5.74) is 8.46. The number of carbonyl (C=O) groups excluding carboxylic acids is 1. The van der Waals surface area contributed by atoms with Crippen LogP contribution in [0.3, 0.4) is 0 Å². The molecule has 0 saturated carbocycles. The van der Waals surface area contributed by atoms with E-state index < -0.39 is 5.91 Å². The van der Waals surface area contributed by atoms with Crippen LogP contribution >= 0.6 is 11.9 Å². The number of phenolic OH excluding ortho intramolecular Hbond substituents is 1. The van der Waals surface area contributed by atoms with Crippen molar-refractivity contribution < 1.29 is 9.90 Å². The molecular formula is C17H17N3O2S. The molecule has 2 aromatic rings. The fraction of sp³-hybridized carbons (Fsp3) is 0.176. The van der Waals surface area contributed by atoms with Crippen molar-refractivity contribution in [2.45, 2.75) is 18.2 Å². The highest BCUT2D eigenvalue weighted by Crippen LogP contribution is 2.41. The number of nitrogens with two attached hydrogens (primary N) is 1. The third-order valence-corrected chi connectivity index (χ3v) is 4.65. The largest absolute Gasteiger partial charge is 0.507 e. The number of anilines is 1. The Kier molecular flexibility index (Phi) is 4.00. The van der Waals surface area contributed by atoms with Gasteiger partial charge in [-0.05, 0) is 23.8 Å². The third-order valence-electron chi connectivity index (χ3n) is 3.76. The summed E-state index contributed by atoms with van der Waals surface area (Å²) in [7, 11) is 1.83. The summed E-state index contributed by atoms with van der Waals surface area (Å²) < 4.78 is 4.43. The molecule has 6 heteroatoms. The number of rotatable bonds is 3. The lowest BCUT2D eigenvalue weighted by molar-refractivity contribution is 0.0999. The molecule has 0 radical (unpaired) electrons. The maximum absolute atomic E-state index is 11.9. The average Bonchev–Trinajstić information content (AvgIpc) is 2.54. The fourth-order valence-corrected chi connectivity index (χ4v) is 3.60. The summed E-state index contributed by atoms with van der Waals surface area (Å²) >= 11 is 1.16. The van der Waals surface area contributed by atoms with Crippen LogP contribution < -0.4 is 21.6 Å². The van der Waals surface area contributed by atoms with Crippen LogP contribution in [0.4, 0.5) is 5.69 Å². The standard InChI is InChI=1S/C17H17N3O2S/c1-3-5-9-8-11(17(18)22)15-13(14(9)19-2)10-6-4-7-12(21)16(10)23-20-15/h4-8,19,21H,3H2,1-2H3,(H2,18,22)/b9-5-. The molecule has 0 spiro atoms. The van der Waals surface area contributed by atoms with E-state index in [4.69, 9.17) is 5.73 Å². The first-order valence-corrected chi connectivity index (χ1v) is 8.08. The average molecular weight is 327 g/mol. The molecule has 5 nitrogen and oxygen atoms in total. The van der Waals surface area contributed by atoms with E-state index in [1.165, 1.54) is 0 Å². The molecule has 0 saturated heterocycles. The van der Waals surface area contributed by atoms with Gasteiger partial charge in [0.15, 0.2) is 0 Å². The van der Waals surface area contributed by atoms with Gasteiger partial charge in [-0.2, -0.15) is 0 Å². The molecule has 0 unspecified atom stereocenters. The van der Waals surface area contributed by atoms with Gasteiger partial charge in [-0.3, -0.25) is 4.79 Å². The topological polar surface area (TPSA) is 87.7 Å². The Balaban J connectivity index is 2.51. The molecule has 1 heterocycles. The molecule has 3 rings (SSSR count). The maximum Gasteiger partial charge on any atom is 0.250 e. The second-order valence-corrected chi connectivity index (χ2v) is 5.95. The summed E-state index contributed by atoms with van der Waals surface area (Å²) in [6, 6.07) is 7.09. The van der Waals surface area contributed by atoms with Crippen molar-refractivity contribution in [3.63, 3.8) is 0 Å². The van der Waals surface area contributed by atoms with Crippen LogP contribution in [-0.2, 0) is 0 Å². The SMILES string of the molecule is CC/C=c1/cc(C(N)=O)c2c(c1NC)-c1cccc(O)c1SN=2. The zero-order chi connectivity index (χ0) is 16.6. The van der Waals surface area contributed by atoms with Crippen molar-refractivity contribution >= 4 is 29.6 Å². The first-order valence-electron chi connectivity index (χ1n) is 7.30. The fourth-order valence-electron chi connectivity index (χ4n) is 2.80. The molecule has 2 aromatic carbocycles. The molecule has 0 aliphatic carbocycles. The van der Waals surface area contributed by atoms with Crippen molar-refractivity contribution in [2.24, 2.45) is 10.1 Å². The Hall–Kier alpha value is -2.47. The first-order chi connectivity index (χ1) is 11.1. The zero-order valence-electron chi connectivity index (χ0n) is 12.9. The molecule has 0 fully saturated rings. The van der Waals surface area contributed by atoms with Gasteiger partial charge in [0.2, 0.25) is 0 Å². The van der Waals surface area contributed by atoms with E-state index in [9.17, 15) is 9.90 Å². The summed E-state index contributed by atoms with van der Waals surface area (Å²) in [4.78, 5) is 12.6. The monoisotopic (exact) mass is 327 g/mol. The molecule has 23 heavy (non-hydrogen) atoms. The van der Waals surface area contributed by atoms with E-state index in [0.29, 0.717) is 15.8 Å². The Bertz CT molecular complexity index is 922. The molecule has 1 aliphatic heterocycles. The third kappa shape index (κ3) is 2.45. The van der Waals surface area contributed by atoms with Crippen molar-refractivity contribution in [3.05, 3.63) is 40.4 Å². The smallest absolute Gasteiger partial charge is 0.250 e. The number of phenols is 1. The highest BCUT2D eigenvalue weighted by atomic mass is 32.2. The predicted molar refractivity (Wildman–Crippen MR) is 93.0 cm³/mol. The van der Waals surface area contributed by atoms with Crippen LogP contribution in [0.1, 0.15) is 23.7 Å². The lowest BCUT2D eigenvalue weighted by atomic mass is 9.96. The second-order valence-electron chi connectivity index (χ2n) is 5.17. The van der Waals surface area contributed by atoms with Gasteiger partial charge < -0.3 is 16.2 Å². The molecular weight excluding hydrogens is 310 g/mol. The van der Waals surface area contributed by atoms with Crippen molar-refractivity contribution in [2.75, 3.05) is 12.4 Å². The van der Waals surface area contributed by atoms with E-state index >= 15 is 0 Å². The van der Waals surface area contributed by atoms with Crippen LogP contribution in [0.2, 0.25) is 0 Å². The van der Waals surface area contributed by atoms with Crippen LogP contribution in [0.25, 0.3) is 17.2 Å². The zero-order valence-corrected chi connectivity index (χ0v) is 13.7. The number of primary amides is 1. The number of nitrogens with one attached hydrogen (secondary N) is 1. The number of benzene rings is 2. The molecule has 4 N–H and O–H groups in total. The molecule has 0 bridgehead atoms. The minimum absolute atomic E-state index is 0.175. The van der Waals surface area contributed by atoms with E-state index in [1.807, 2.05) is 26.1 Å². The maximum atomic E-state index is 11.9. The highest BCUT2D eigenvalue weighted by Gasteiger charge is 2.23. The normalized spacial score (nSPS) is 13.0. The molecule has 1 aliphatic rings. The van der Waals surface area contributed by atoms with Gasteiger partial charge in [0.25, 0.3) is 5.91 Å². The number of hydrogen-bond donors (Lipinski definition) is 3. The number of carbonyl (C=O) groups is 1. The lowest BCUT2D eigenvalue weighted by Gasteiger charge is -2.19. The van der Waals surface area contributed by atoms with E-state index in [0.717, 1.165) is 40.4 Å². The van der Waals surface area contributed by atoms with Crippen molar-refractivity contribution in [1.82, 2.24) is 0 Å². The first kappa shape index (κ1) is 15.4. The Morgan fingerprint density at radius 2 is 2.26 bits per heavy atom. The number of amides is 1. The number of fused-ring (bicyclic) bond motifs is 3. The lowest BCUT2D eigenvalue weighted by Crippen LogP contribution is -2.29. The van der Waals surface area contributed by atoms with Gasteiger partial charge in [-0.25, -0.2) is 4.40 Å². The van der Waals surface area contributed by atoms with Crippen LogP contribution in [0, 0.1) is 0 Å². The van der Waals surface area contributed by atoms with Gasteiger partial charge >= 0.3 is 0 Å². The van der Waals surface area contributed by atoms with Crippen LogP contribution in [0.5, 0.6) is 5.75 Å². The van der Waals surface area contributed by atoms with Crippen molar-refractivity contribution in [3.8, 4) is 16.9 Å². The van der Waals surface area contributed by atoms with Gasteiger partial charge in [-0.1, -0.05) is 25.1 Å². The quantitative estimate of drug-likeness (QED) is 0.753. The summed E-state index contributed by atoms with van der Waals surface area (Å²) in [5.74, 6) is -0.336. The molecule has 0 atom stereocenters. The number of hydrogen-bond acceptors (Lipinski definition) is 5. The van der Waals surface area contributed by atoms with Gasteiger partial charge in [0.05, 0.1) is 21.5 Å². The predicted octanol–water partition coefficient (Wildman–Crippen LogP) is 2.03. The van der Waals surface area contributed by atoms with E-state index in [1.54, 1.807) is 18.2 Å². The number of nitrogens with zero attached hydrogens (tertiary/aromatic N) is 1. The summed E-state index contributed by atoms with van der Waals surface area (Å²) in [5, 5.41) is 14.8. The Morgan fingerprint density at radius 3 is 2.91 bits per heavy atom. The van der Waals surface area contributed by atoms with E-state index in [2.05, 4.69) is 9.71 Å². The second kappa shape index (κ2) is 5.96. The van der Waals surface area contributed by atoms with Gasteiger partial charge in [0, 0.05) is 30.1 Å². The molecule has 0 aromatic heterocycles. The van der Waals surface area contributed by atoms with Crippen LogP contribution in [-0.4, -0.2) is 18.1 Å². The summed E-state index contributed by atoms with van der Waals surface area (Å²) in [6.45, 7) is 2.03. The summed E-state index contributed by atoms with van der Waals surface area (Å²) in [6.07, 6.45) is 2.85. The Labute approximate surface area is 138 Å². The van der Waals surface area contributed by atoms with Crippen LogP contribution in [0.15, 0.2) is 33.6 Å². The van der Waals surface area contributed by atoms with Gasteiger partial charge in [0.1, 0.15) is 5.75 Å². The molecule has 1 amide bonds. The molecule has 118 valence electrons.